The van der Waals surface area contributed by atoms with E-state index in [9.17, 15) is 4.79 Å². The van der Waals surface area contributed by atoms with Crippen molar-refractivity contribution in [2.45, 2.75) is 25.7 Å². The van der Waals surface area contributed by atoms with Gasteiger partial charge in [0, 0.05) is 24.8 Å². The van der Waals surface area contributed by atoms with Gasteiger partial charge in [-0.3, -0.25) is 4.79 Å². The molecule has 0 radical (unpaired) electrons. The van der Waals surface area contributed by atoms with Crippen LogP contribution in [-0.2, 0) is 0 Å². The van der Waals surface area contributed by atoms with Gasteiger partial charge in [0.2, 0.25) is 0 Å². The third-order valence-electron chi connectivity index (χ3n) is 4.22. The average molecular weight is 325 g/mol. The van der Waals surface area contributed by atoms with Gasteiger partial charge in [0.15, 0.2) is 0 Å². The molecule has 0 atom stereocenters. The number of methoxy groups -OCH3 is 1. The minimum atomic E-state index is -0.208. The van der Waals surface area contributed by atoms with Crippen molar-refractivity contribution >= 4 is 17.4 Å². The molecule has 2 aromatic rings. The zero-order valence-corrected chi connectivity index (χ0v) is 14.0. The van der Waals surface area contributed by atoms with Gasteiger partial charge in [-0.2, -0.15) is 0 Å². The minimum absolute atomic E-state index is 0.208. The fourth-order valence-electron chi connectivity index (χ4n) is 2.92. The summed E-state index contributed by atoms with van der Waals surface area (Å²) in [6.07, 6.45) is 4.91. The highest BCUT2D eigenvalue weighted by atomic mass is 16.5. The Balaban J connectivity index is 1.73. The third-order valence-corrected chi connectivity index (χ3v) is 4.22. The van der Waals surface area contributed by atoms with Gasteiger partial charge in [-0.05, 0) is 37.1 Å². The number of carbonyl (C=O) groups is 1. The largest absolute Gasteiger partial charge is 0.497 e. The predicted molar refractivity (Wildman–Crippen MR) is 95.9 cm³/mol. The summed E-state index contributed by atoms with van der Waals surface area (Å²) >= 11 is 0. The van der Waals surface area contributed by atoms with Gasteiger partial charge in [0.25, 0.3) is 5.91 Å². The van der Waals surface area contributed by atoms with Crippen LogP contribution in [0.25, 0.3) is 0 Å². The molecular weight excluding hydrogens is 302 g/mol. The van der Waals surface area contributed by atoms with E-state index in [1.54, 1.807) is 19.2 Å². The fraction of sp³-hybridized carbons (Fsp3) is 0.368. The zero-order valence-electron chi connectivity index (χ0n) is 14.0. The van der Waals surface area contributed by atoms with Crippen molar-refractivity contribution in [3.63, 3.8) is 0 Å². The van der Waals surface area contributed by atoms with Crippen LogP contribution in [0.4, 0.5) is 11.5 Å². The summed E-state index contributed by atoms with van der Waals surface area (Å²) in [5, 5.41) is 2.88. The van der Waals surface area contributed by atoms with Crippen LogP contribution in [0, 0.1) is 0 Å². The molecule has 5 heteroatoms. The van der Waals surface area contributed by atoms with E-state index in [1.165, 1.54) is 25.7 Å². The lowest BCUT2D eigenvalue weighted by Crippen LogP contribution is -2.26. The van der Waals surface area contributed by atoms with Crippen LogP contribution in [0.5, 0.6) is 5.75 Å². The van der Waals surface area contributed by atoms with Crippen LogP contribution in [-0.4, -0.2) is 31.1 Å². The SMILES string of the molecule is COc1cccc(NC(=O)c2cccc(N3CCCCCC3)n2)c1. The molecule has 0 unspecified atom stereocenters. The lowest BCUT2D eigenvalue weighted by molar-refractivity contribution is 0.102. The van der Waals surface area contributed by atoms with Crippen LogP contribution in [0.2, 0.25) is 0 Å². The van der Waals surface area contributed by atoms with E-state index in [4.69, 9.17) is 4.74 Å². The smallest absolute Gasteiger partial charge is 0.274 e. The Morgan fingerprint density at radius 2 is 1.83 bits per heavy atom. The summed E-state index contributed by atoms with van der Waals surface area (Å²) < 4.78 is 5.18. The van der Waals surface area contributed by atoms with E-state index < -0.39 is 0 Å². The van der Waals surface area contributed by atoms with Crippen LogP contribution in [0.15, 0.2) is 42.5 Å². The number of amides is 1. The Hall–Kier alpha value is -2.56. The van der Waals surface area contributed by atoms with Crippen molar-refractivity contribution in [2.75, 3.05) is 30.4 Å². The first-order valence-corrected chi connectivity index (χ1v) is 8.44. The third kappa shape index (κ3) is 4.04. The standard InChI is InChI=1S/C19H23N3O2/c1-24-16-9-6-8-15(14-16)20-19(23)17-10-7-11-18(21-17)22-12-4-2-3-5-13-22/h6-11,14H,2-5,12-13H2,1H3,(H,20,23). The first-order chi connectivity index (χ1) is 11.8. The van der Waals surface area contributed by atoms with Gasteiger partial charge in [0.05, 0.1) is 7.11 Å². The maximum absolute atomic E-state index is 12.5. The van der Waals surface area contributed by atoms with Crippen molar-refractivity contribution < 1.29 is 9.53 Å². The zero-order chi connectivity index (χ0) is 16.8. The van der Waals surface area contributed by atoms with E-state index in [1.807, 2.05) is 30.3 Å². The van der Waals surface area contributed by atoms with Gasteiger partial charge < -0.3 is 15.0 Å². The van der Waals surface area contributed by atoms with Crippen LogP contribution in [0.3, 0.4) is 0 Å². The number of nitrogens with one attached hydrogen (secondary N) is 1. The molecule has 1 aromatic heterocycles. The molecule has 0 spiro atoms. The number of nitrogens with zero attached hydrogens (tertiary/aromatic N) is 2. The number of benzene rings is 1. The van der Waals surface area contributed by atoms with Crippen LogP contribution in [0.1, 0.15) is 36.2 Å². The second-order valence-electron chi connectivity index (χ2n) is 5.97. The molecule has 126 valence electrons. The summed E-state index contributed by atoms with van der Waals surface area (Å²) in [6, 6.07) is 12.9. The summed E-state index contributed by atoms with van der Waals surface area (Å²) in [5.74, 6) is 1.38. The Morgan fingerprint density at radius 1 is 1.08 bits per heavy atom. The molecule has 1 aliphatic rings. The molecule has 1 aromatic carbocycles. The normalized spacial score (nSPS) is 14.8. The summed E-state index contributed by atoms with van der Waals surface area (Å²) in [4.78, 5) is 19.3. The van der Waals surface area contributed by atoms with Gasteiger partial charge >= 0.3 is 0 Å². The monoisotopic (exact) mass is 325 g/mol. The van der Waals surface area contributed by atoms with E-state index in [-0.39, 0.29) is 5.91 Å². The number of hydrogen-bond acceptors (Lipinski definition) is 4. The molecule has 0 bridgehead atoms. The second kappa shape index (κ2) is 7.81. The molecule has 1 amide bonds. The van der Waals surface area contributed by atoms with E-state index in [0.29, 0.717) is 17.1 Å². The van der Waals surface area contributed by atoms with Gasteiger partial charge in [-0.15, -0.1) is 0 Å². The Bertz CT molecular complexity index is 695. The molecule has 1 N–H and O–H groups in total. The van der Waals surface area contributed by atoms with Crippen molar-refractivity contribution in [1.29, 1.82) is 0 Å². The molecule has 0 aliphatic carbocycles. The van der Waals surface area contributed by atoms with Crippen LogP contribution < -0.4 is 15.0 Å². The van der Waals surface area contributed by atoms with E-state index >= 15 is 0 Å². The number of anilines is 2. The molecule has 5 nitrogen and oxygen atoms in total. The average Bonchev–Trinajstić information content (AvgIpc) is 2.91. The highest BCUT2D eigenvalue weighted by Crippen LogP contribution is 2.19. The quantitative estimate of drug-likeness (QED) is 0.931. The maximum atomic E-state index is 12.5. The predicted octanol–water partition coefficient (Wildman–Crippen LogP) is 3.72. The first-order valence-electron chi connectivity index (χ1n) is 8.44. The molecule has 24 heavy (non-hydrogen) atoms. The highest BCUT2D eigenvalue weighted by Gasteiger charge is 2.14. The van der Waals surface area contributed by atoms with E-state index in [2.05, 4.69) is 15.2 Å². The lowest BCUT2D eigenvalue weighted by Gasteiger charge is -2.21. The molecule has 1 aliphatic heterocycles. The Kier molecular flexibility index (Phi) is 5.31. The molecule has 0 saturated carbocycles. The second-order valence-corrected chi connectivity index (χ2v) is 5.97. The summed E-state index contributed by atoms with van der Waals surface area (Å²) in [7, 11) is 1.60. The summed E-state index contributed by atoms with van der Waals surface area (Å²) in [5.41, 5.74) is 1.13. The van der Waals surface area contributed by atoms with Crippen molar-refractivity contribution in [3.05, 3.63) is 48.2 Å². The number of ether oxygens (including phenoxy) is 1. The molecular formula is C19H23N3O2. The molecule has 2 heterocycles. The number of pyridine rings is 1. The van der Waals surface area contributed by atoms with Crippen LogP contribution >= 0.6 is 0 Å². The maximum Gasteiger partial charge on any atom is 0.274 e. The van der Waals surface area contributed by atoms with Gasteiger partial charge in [-0.1, -0.05) is 25.0 Å². The fourth-order valence-corrected chi connectivity index (χ4v) is 2.92. The van der Waals surface area contributed by atoms with Crippen molar-refractivity contribution in [2.24, 2.45) is 0 Å². The van der Waals surface area contributed by atoms with E-state index in [0.717, 1.165) is 18.9 Å². The highest BCUT2D eigenvalue weighted by molar-refractivity contribution is 6.03. The molecule has 3 rings (SSSR count). The number of hydrogen-bond donors (Lipinski definition) is 1. The van der Waals surface area contributed by atoms with Crippen molar-refractivity contribution in [1.82, 2.24) is 4.98 Å². The van der Waals surface area contributed by atoms with Crippen molar-refractivity contribution in [3.8, 4) is 5.75 Å². The molecule has 1 saturated heterocycles. The first kappa shape index (κ1) is 16.3. The lowest BCUT2D eigenvalue weighted by atomic mass is 10.2. The van der Waals surface area contributed by atoms with Gasteiger partial charge in [0.1, 0.15) is 17.3 Å². The molecule has 1 fully saturated rings. The number of aromatic nitrogens is 1. The number of rotatable bonds is 4. The summed E-state index contributed by atoms with van der Waals surface area (Å²) in [6.45, 7) is 2.02. The topological polar surface area (TPSA) is 54.5 Å². The Morgan fingerprint density at radius 3 is 2.58 bits per heavy atom. The number of carbonyl (C=O) groups excluding carboxylic acids is 1. The Labute approximate surface area is 142 Å². The minimum Gasteiger partial charge on any atom is -0.497 e. The van der Waals surface area contributed by atoms with Gasteiger partial charge in [-0.25, -0.2) is 4.98 Å².